The third-order valence-corrected chi connectivity index (χ3v) is 2.22. The van der Waals surface area contributed by atoms with Gasteiger partial charge in [0.2, 0.25) is 5.91 Å². The molecule has 0 aliphatic rings. The zero-order valence-corrected chi connectivity index (χ0v) is 10.1. The highest BCUT2D eigenvalue weighted by atomic mass is 16.2. The Morgan fingerprint density at radius 1 is 1.35 bits per heavy atom. The minimum Gasteiger partial charge on any atom is -0.396 e. The SMILES string of the molecule is CC(=O)Nc1ccc(NCCCCCO)nc1. The van der Waals surface area contributed by atoms with Crippen molar-refractivity contribution in [2.75, 3.05) is 23.8 Å². The lowest BCUT2D eigenvalue weighted by Crippen LogP contribution is -2.07. The van der Waals surface area contributed by atoms with Gasteiger partial charge in [-0.25, -0.2) is 4.98 Å². The van der Waals surface area contributed by atoms with Crippen LogP contribution in [0.3, 0.4) is 0 Å². The monoisotopic (exact) mass is 237 g/mol. The molecule has 0 aliphatic carbocycles. The van der Waals surface area contributed by atoms with Gasteiger partial charge < -0.3 is 15.7 Å². The van der Waals surface area contributed by atoms with Crippen molar-refractivity contribution in [2.45, 2.75) is 26.2 Å². The minimum absolute atomic E-state index is 0.100. The van der Waals surface area contributed by atoms with Gasteiger partial charge in [0.05, 0.1) is 11.9 Å². The molecule has 0 atom stereocenters. The lowest BCUT2D eigenvalue weighted by atomic mass is 10.2. The zero-order chi connectivity index (χ0) is 12.5. The quantitative estimate of drug-likeness (QED) is 0.630. The van der Waals surface area contributed by atoms with Gasteiger partial charge in [0.25, 0.3) is 0 Å². The van der Waals surface area contributed by atoms with Gasteiger partial charge in [-0.1, -0.05) is 0 Å². The molecular weight excluding hydrogens is 218 g/mol. The Morgan fingerprint density at radius 2 is 2.18 bits per heavy atom. The molecule has 0 radical (unpaired) electrons. The molecule has 1 aromatic heterocycles. The predicted molar refractivity (Wildman–Crippen MR) is 68.0 cm³/mol. The van der Waals surface area contributed by atoms with Gasteiger partial charge in [0.15, 0.2) is 0 Å². The maximum absolute atomic E-state index is 10.8. The van der Waals surface area contributed by atoms with Crippen molar-refractivity contribution in [3.05, 3.63) is 18.3 Å². The smallest absolute Gasteiger partial charge is 0.221 e. The number of amides is 1. The molecule has 1 heterocycles. The van der Waals surface area contributed by atoms with E-state index in [9.17, 15) is 4.79 Å². The van der Waals surface area contributed by atoms with Crippen molar-refractivity contribution in [3.63, 3.8) is 0 Å². The summed E-state index contributed by atoms with van der Waals surface area (Å²) in [4.78, 5) is 15.0. The van der Waals surface area contributed by atoms with Crippen LogP contribution in [0.1, 0.15) is 26.2 Å². The number of aliphatic hydroxyl groups excluding tert-OH is 1. The summed E-state index contributed by atoms with van der Waals surface area (Å²) in [6, 6.07) is 3.64. The molecule has 0 aromatic carbocycles. The molecule has 0 saturated heterocycles. The van der Waals surface area contributed by atoms with Crippen molar-refractivity contribution >= 4 is 17.4 Å². The second-order valence-corrected chi connectivity index (χ2v) is 3.82. The van der Waals surface area contributed by atoms with Gasteiger partial charge in [0.1, 0.15) is 5.82 Å². The summed E-state index contributed by atoms with van der Waals surface area (Å²) in [5.74, 6) is 0.694. The standard InChI is InChI=1S/C12H19N3O2/c1-10(17)15-11-5-6-12(14-9-11)13-7-3-2-4-8-16/h5-6,9,16H,2-4,7-8H2,1H3,(H,13,14)(H,15,17). The molecule has 0 fully saturated rings. The van der Waals surface area contributed by atoms with E-state index in [0.717, 1.165) is 31.6 Å². The number of anilines is 2. The van der Waals surface area contributed by atoms with Crippen LogP contribution in [0.25, 0.3) is 0 Å². The van der Waals surface area contributed by atoms with Crippen LogP contribution >= 0.6 is 0 Å². The minimum atomic E-state index is -0.100. The van der Waals surface area contributed by atoms with Crippen LogP contribution in [0, 0.1) is 0 Å². The summed E-state index contributed by atoms with van der Waals surface area (Å²) in [5.41, 5.74) is 0.698. The van der Waals surface area contributed by atoms with Crippen LogP contribution in [0.15, 0.2) is 18.3 Å². The number of pyridine rings is 1. The van der Waals surface area contributed by atoms with Crippen LogP contribution in [-0.4, -0.2) is 29.1 Å². The molecular formula is C12H19N3O2. The van der Waals surface area contributed by atoms with E-state index in [-0.39, 0.29) is 12.5 Å². The average Bonchev–Trinajstić information content (AvgIpc) is 2.30. The van der Waals surface area contributed by atoms with E-state index in [2.05, 4.69) is 15.6 Å². The fraction of sp³-hybridized carbons (Fsp3) is 0.500. The largest absolute Gasteiger partial charge is 0.396 e. The summed E-state index contributed by atoms with van der Waals surface area (Å²) in [5, 5.41) is 14.5. The van der Waals surface area contributed by atoms with Crippen LogP contribution in [0.5, 0.6) is 0 Å². The molecule has 1 rings (SSSR count). The van der Waals surface area contributed by atoms with Gasteiger partial charge in [-0.2, -0.15) is 0 Å². The molecule has 94 valence electrons. The van der Waals surface area contributed by atoms with Crippen LogP contribution < -0.4 is 10.6 Å². The number of unbranched alkanes of at least 4 members (excludes halogenated alkanes) is 2. The summed E-state index contributed by atoms with van der Waals surface area (Å²) in [6.07, 6.45) is 4.48. The van der Waals surface area contributed by atoms with Crippen LogP contribution in [0.2, 0.25) is 0 Å². The molecule has 1 aromatic rings. The van der Waals surface area contributed by atoms with E-state index in [4.69, 9.17) is 5.11 Å². The highest BCUT2D eigenvalue weighted by Gasteiger charge is 1.97. The fourth-order valence-electron chi connectivity index (χ4n) is 1.41. The number of hydrogen-bond acceptors (Lipinski definition) is 4. The Balaban J connectivity index is 2.28. The van der Waals surface area contributed by atoms with Crippen LogP contribution in [0.4, 0.5) is 11.5 Å². The second-order valence-electron chi connectivity index (χ2n) is 3.82. The fourth-order valence-corrected chi connectivity index (χ4v) is 1.41. The summed E-state index contributed by atoms with van der Waals surface area (Å²) < 4.78 is 0. The Hall–Kier alpha value is -1.62. The second kappa shape index (κ2) is 7.62. The first kappa shape index (κ1) is 13.4. The number of carbonyl (C=O) groups is 1. The molecule has 0 aliphatic heterocycles. The van der Waals surface area contributed by atoms with Gasteiger partial charge in [-0.3, -0.25) is 4.79 Å². The van der Waals surface area contributed by atoms with Gasteiger partial charge in [0, 0.05) is 20.1 Å². The van der Waals surface area contributed by atoms with E-state index in [1.54, 1.807) is 6.20 Å². The number of carbonyl (C=O) groups excluding carboxylic acids is 1. The van der Waals surface area contributed by atoms with E-state index in [1.165, 1.54) is 6.92 Å². The molecule has 17 heavy (non-hydrogen) atoms. The first-order valence-corrected chi connectivity index (χ1v) is 5.81. The third-order valence-electron chi connectivity index (χ3n) is 2.22. The Kier molecular flexibility index (Phi) is 6.03. The number of aromatic nitrogens is 1. The van der Waals surface area contributed by atoms with E-state index < -0.39 is 0 Å². The van der Waals surface area contributed by atoms with Crippen molar-refractivity contribution < 1.29 is 9.90 Å². The molecule has 0 bridgehead atoms. The number of nitrogens with one attached hydrogen (secondary N) is 2. The molecule has 3 N–H and O–H groups in total. The predicted octanol–water partition coefficient (Wildman–Crippen LogP) is 1.61. The Morgan fingerprint density at radius 3 is 2.76 bits per heavy atom. The third kappa shape index (κ3) is 5.87. The van der Waals surface area contributed by atoms with E-state index in [1.807, 2.05) is 12.1 Å². The van der Waals surface area contributed by atoms with E-state index in [0.29, 0.717) is 5.69 Å². The highest BCUT2D eigenvalue weighted by Crippen LogP contribution is 2.09. The number of nitrogens with zero attached hydrogens (tertiary/aromatic N) is 1. The summed E-state index contributed by atoms with van der Waals surface area (Å²) in [7, 11) is 0. The maximum Gasteiger partial charge on any atom is 0.221 e. The lowest BCUT2D eigenvalue weighted by molar-refractivity contribution is -0.114. The molecule has 0 saturated carbocycles. The molecule has 0 spiro atoms. The van der Waals surface area contributed by atoms with Crippen LogP contribution in [-0.2, 0) is 4.79 Å². The van der Waals surface area contributed by atoms with Crippen molar-refractivity contribution in [1.82, 2.24) is 4.98 Å². The number of hydrogen-bond donors (Lipinski definition) is 3. The lowest BCUT2D eigenvalue weighted by Gasteiger charge is -2.06. The molecule has 0 unspecified atom stereocenters. The molecule has 5 nitrogen and oxygen atoms in total. The first-order chi connectivity index (χ1) is 8.22. The zero-order valence-electron chi connectivity index (χ0n) is 10.1. The summed E-state index contributed by atoms with van der Waals surface area (Å²) in [6.45, 7) is 2.56. The van der Waals surface area contributed by atoms with Gasteiger partial charge in [-0.15, -0.1) is 0 Å². The maximum atomic E-state index is 10.8. The van der Waals surface area contributed by atoms with Crippen molar-refractivity contribution in [1.29, 1.82) is 0 Å². The Bertz CT molecular complexity index is 338. The van der Waals surface area contributed by atoms with Gasteiger partial charge >= 0.3 is 0 Å². The highest BCUT2D eigenvalue weighted by molar-refractivity contribution is 5.88. The summed E-state index contributed by atoms with van der Waals surface area (Å²) >= 11 is 0. The molecule has 5 heteroatoms. The van der Waals surface area contributed by atoms with Crippen molar-refractivity contribution in [2.24, 2.45) is 0 Å². The normalized spacial score (nSPS) is 10.0. The number of rotatable bonds is 7. The van der Waals surface area contributed by atoms with E-state index >= 15 is 0 Å². The van der Waals surface area contributed by atoms with Crippen molar-refractivity contribution in [3.8, 4) is 0 Å². The topological polar surface area (TPSA) is 74.2 Å². The van der Waals surface area contributed by atoms with Gasteiger partial charge in [-0.05, 0) is 31.4 Å². The number of aliphatic hydroxyl groups is 1. The Labute approximate surface area is 101 Å². The molecule has 1 amide bonds. The first-order valence-electron chi connectivity index (χ1n) is 5.81. The average molecular weight is 237 g/mol.